The highest BCUT2D eigenvalue weighted by Gasteiger charge is 2.53. The average Bonchev–Trinajstić information content (AvgIpc) is 3.64. The Hall–Kier alpha value is -7.43. The van der Waals surface area contributed by atoms with Crippen molar-refractivity contribution in [1.29, 1.82) is 0 Å². The molecule has 0 spiro atoms. The van der Waals surface area contributed by atoms with E-state index in [1.807, 2.05) is 0 Å². The van der Waals surface area contributed by atoms with Crippen molar-refractivity contribution in [3.8, 4) is 22.3 Å². The topological polar surface area (TPSA) is 182 Å². The lowest BCUT2D eigenvalue weighted by atomic mass is 9.81. The first-order valence-corrected chi connectivity index (χ1v) is 17.6. The van der Waals surface area contributed by atoms with Gasteiger partial charge in [-0.25, -0.2) is 52.5 Å². The van der Waals surface area contributed by atoms with Crippen molar-refractivity contribution in [2.24, 2.45) is 21.5 Å². The number of hydrogen-bond donors (Lipinski definition) is 2. The zero-order chi connectivity index (χ0) is 40.8. The van der Waals surface area contributed by atoms with E-state index in [0.29, 0.717) is 33.4 Å². The Bertz CT molecular complexity index is 2630. The van der Waals surface area contributed by atoms with Gasteiger partial charge < -0.3 is 11.5 Å². The Morgan fingerprint density at radius 1 is 0.621 bits per heavy atom. The Kier molecular flexibility index (Phi) is 9.42. The molecule has 3 aromatic carbocycles. The van der Waals surface area contributed by atoms with Crippen LogP contribution in [0.5, 0.6) is 0 Å². The summed E-state index contributed by atoms with van der Waals surface area (Å²) in [6, 6.07) is 21.1. The number of hydrogen-bond acceptors (Lipinski definition) is 11. The van der Waals surface area contributed by atoms with Gasteiger partial charge in [-0.05, 0) is 69.8 Å². The van der Waals surface area contributed by atoms with Crippen LogP contribution >= 0.6 is 0 Å². The highest BCUT2D eigenvalue weighted by atomic mass is 19.3. The van der Waals surface area contributed by atoms with Crippen LogP contribution < -0.4 is 11.5 Å². The number of nitrogens with two attached hydrogens (primary N) is 2. The van der Waals surface area contributed by atoms with Gasteiger partial charge in [0.1, 0.15) is 18.3 Å². The van der Waals surface area contributed by atoms with Crippen molar-refractivity contribution >= 4 is 23.7 Å². The molecule has 6 aromatic rings. The van der Waals surface area contributed by atoms with Gasteiger partial charge in [0.2, 0.25) is 5.54 Å². The number of aliphatic imine (C=N–C) groups is 2. The molecular formula is C41H31F4N11O2. The third kappa shape index (κ3) is 6.25. The minimum atomic E-state index is -2.96. The van der Waals surface area contributed by atoms with Crippen LogP contribution in [0.2, 0.25) is 0 Å². The molecule has 13 nitrogen and oxygen atoms in total. The van der Waals surface area contributed by atoms with Crippen LogP contribution in [0.15, 0.2) is 132 Å². The van der Waals surface area contributed by atoms with Gasteiger partial charge >= 0.3 is 0 Å². The number of halogens is 4. The van der Waals surface area contributed by atoms with Crippen LogP contribution in [0.4, 0.5) is 17.6 Å². The number of carbonyl (C=O) groups is 2. The van der Waals surface area contributed by atoms with Crippen molar-refractivity contribution in [1.82, 2.24) is 34.7 Å². The number of alkyl halides is 4. The van der Waals surface area contributed by atoms with Crippen molar-refractivity contribution in [2.75, 3.05) is 7.05 Å². The van der Waals surface area contributed by atoms with Crippen LogP contribution in [-0.4, -0.2) is 65.5 Å². The molecule has 0 saturated heterocycles. The fourth-order valence-electron chi connectivity index (χ4n) is 7.25. The minimum absolute atomic E-state index is 0.116. The third-order valence-corrected chi connectivity index (χ3v) is 10.1. The van der Waals surface area contributed by atoms with E-state index < -0.39 is 41.4 Å². The van der Waals surface area contributed by atoms with Crippen LogP contribution in [0.25, 0.3) is 22.3 Å². The molecule has 0 fully saturated rings. The summed E-state index contributed by atoms with van der Waals surface area (Å²) in [6.45, 7) is -0.255. The van der Waals surface area contributed by atoms with E-state index in [1.54, 1.807) is 54.9 Å². The van der Waals surface area contributed by atoms with Crippen LogP contribution in [0.1, 0.15) is 52.1 Å². The standard InChI is InChI=1S/C41H31F4N11O2/c1-55-36(57)41(53-38(55)46,33-10-4-9-32(52-33)35(44)45)31-12-23(11-26(15-31)28-18-50-22-51-19-28)20-56-37(58)40(54-39(56)47,30-8-3-6-25(14-30)34(42)43)29-7-2-5-24(13-29)27-16-48-21-49-17-27/h2-19,21-22,34-35H,20H2,1H3,(H2,46,53)(H2,47,54). The molecule has 2 aliphatic heterocycles. The Morgan fingerprint density at radius 3 is 1.86 bits per heavy atom. The number of rotatable bonds is 10. The van der Waals surface area contributed by atoms with Gasteiger partial charge in [-0.2, -0.15) is 0 Å². The van der Waals surface area contributed by atoms with Gasteiger partial charge in [-0.3, -0.25) is 19.4 Å². The molecule has 3 aromatic heterocycles. The number of pyridine rings is 1. The highest BCUT2D eigenvalue weighted by Crippen LogP contribution is 2.44. The highest BCUT2D eigenvalue weighted by molar-refractivity contribution is 6.10. The van der Waals surface area contributed by atoms with E-state index >= 15 is 4.79 Å². The lowest BCUT2D eigenvalue weighted by molar-refractivity contribution is -0.131. The van der Waals surface area contributed by atoms with Crippen LogP contribution in [-0.2, 0) is 27.2 Å². The fraction of sp³-hybridized carbons (Fsp3) is 0.146. The monoisotopic (exact) mass is 785 g/mol. The maximum absolute atomic E-state index is 15.1. The first-order chi connectivity index (χ1) is 27.9. The zero-order valence-electron chi connectivity index (χ0n) is 30.4. The van der Waals surface area contributed by atoms with Crippen LogP contribution in [0.3, 0.4) is 0 Å². The third-order valence-electron chi connectivity index (χ3n) is 10.1. The second kappa shape index (κ2) is 14.6. The van der Waals surface area contributed by atoms with Gasteiger partial charge in [0.25, 0.3) is 24.7 Å². The summed E-state index contributed by atoms with van der Waals surface area (Å²) in [5.41, 5.74) is 11.1. The zero-order valence-corrected chi connectivity index (χ0v) is 30.4. The van der Waals surface area contributed by atoms with E-state index in [-0.39, 0.29) is 40.8 Å². The van der Waals surface area contributed by atoms with Crippen molar-refractivity contribution in [3.63, 3.8) is 0 Å². The first kappa shape index (κ1) is 37.5. The Balaban J connectivity index is 1.29. The summed E-state index contributed by atoms with van der Waals surface area (Å²) in [7, 11) is 1.40. The predicted octanol–water partition coefficient (Wildman–Crippen LogP) is 5.50. The summed E-state index contributed by atoms with van der Waals surface area (Å²) in [5.74, 6) is -1.74. The number of carbonyl (C=O) groups excluding carboxylic acids is 2. The van der Waals surface area contributed by atoms with Gasteiger partial charge in [-0.1, -0.05) is 48.5 Å². The normalized spacial score (nSPS) is 19.3. The predicted molar refractivity (Wildman–Crippen MR) is 204 cm³/mol. The van der Waals surface area contributed by atoms with Gasteiger partial charge in [-0.15, -0.1) is 0 Å². The smallest absolute Gasteiger partial charge is 0.280 e. The molecule has 2 amide bonds. The van der Waals surface area contributed by atoms with Gasteiger partial charge in [0, 0.05) is 48.5 Å². The lowest BCUT2D eigenvalue weighted by Gasteiger charge is -2.29. The maximum Gasteiger partial charge on any atom is 0.280 e. The molecule has 2 unspecified atom stereocenters. The molecular weight excluding hydrogens is 755 g/mol. The summed E-state index contributed by atoms with van der Waals surface area (Å²) >= 11 is 0. The number of amides is 2. The number of aromatic nitrogens is 5. The second-order valence-corrected chi connectivity index (χ2v) is 13.5. The van der Waals surface area contributed by atoms with E-state index in [0.717, 1.165) is 11.0 Å². The number of nitrogens with zero attached hydrogens (tertiary/aromatic N) is 9. The van der Waals surface area contributed by atoms with Crippen molar-refractivity contribution in [2.45, 2.75) is 30.5 Å². The first-order valence-electron chi connectivity index (χ1n) is 17.6. The van der Waals surface area contributed by atoms with E-state index in [4.69, 9.17) is 16.5 Å². The molecule has 2 atom stereocenters. The van der Waals surface area contributed by atoms with E-state index in [1.165, 1.54) is 73.4 Å². The minimum Gasteiger partial charge on any atom is -0.369 e. The van der Waals surface area contributed by atoms with E-state index in [2.05, 4.69) is 29.9 Å². The molecule has 4 N–H and O–H groups in total. The molecule has 0 bridgehead atoms. The van der Waals surface area contributed by atoms with Crippen molar-refractivity contribution < 1.29 is 27.2 Å². The fourth-order valence-corrected chi connectivity index (χ4v) is 7.25. The number of benzene rings is 3. The molecule has 0 radical (unpaired) electrons. The second-order valence-electron chi connectivity index (χ2n) is 13.5. The molecule has 58 heavy (non-hydrogen) atoms. The van der Waals surface area contributed by atoms with Crippen LogP contribution in [0, 0.1) is 0 Å². The number of likely N-dealkylation sites (N-methyl/N-ethyl adjacent to an activating group) is 1. The molecule has 8 rings (SSSR count). The summed E-state index contributed by atoms with van der Waals surface area (Å²) < 4.78 is 56.3. The summed E-state index contributed by atoms with van der Waals surface area (Å²) in [5, 5.41) is 0. The molecule has 0 aliphatic carbocycles. The molecule has 17 heteroatoms. The molecule has 2 aliphatic rings. The van der Waals surface area contributed by atoms with E-state index in [9.17, 15) is 22.4 Å². The number of guanidine groups is 2. The molecule has 290 valence electrons. The summed E-state index contributed by atoms with van der Waals surface area (Å²) in [4.78, 5) is 61.6. The van der Waals surface area contributed by atoms with Crippen molar-refractivity contribution in [3.05, 3.63) is 162 Å². The Labute approximate surface area is 327 Å². The largest absolute Gasteiger partial charge is 0.369 e. The summed E-state index contributed by atoms with van der Waals surface area (Å²) in [6.07, 6.45) is 3.15. The lowest BCUT2D eigenvalue weighted by Crippen LogP contribution is -2.43. The van der Waals surface area contributed by atoms with Gasteiger partial charge in [0.05, 0.1) is 12.2 Å². The van der Waals surface area contributed by atoms with Gasteiger partial charge in [0.15, 0.2) is 17.5 Å². The molecule has 5 heterocycles. The Morgan fingerprint density at radius 2 is 1.22 bits per heavy atom. The SMILES string of the molecule is CN1C(=O)C(c2cc(CN3C(=O)C(c4cccc(-c5cncnc5)c4)(c4cccc(C(F)F)c4)N=C3N)cc(-c3cncnc3)c2)(c2cccc(C(F)F)n2)N=C1N. The maximum atomic E-state index is 15.1. The molecule has 0 saturated carbocycles. The quantitative estimate of drug-likeness (QED) is 0.170. The average molecular weight is 786 g/mol.